The second-order valence-electron chi connectivity index (χ2n) is 14.2. The Kier molecular flexibility index (Phi) is 10.7. The molecule has 0 aromatic carbocycles. The van der Waals surface area contributed by atoms with E-state index < -0.39 is 68.5 Å². The van der Waals surface area contributed by atoms with E-state index in [1.54, 1.807) is 6.08 Å². The highest BCUT2D eigenvalue weighted by Gasteiger charge is 2.69. The smallest absolute Gasteiger partial charge is 0.315 e. The van der Waals surface area contributed by atoms with E-state index in [1.807, 2.05) is 55.4 Å². The van der Waals surface area contributed by atoms with Crippen LogP contribution < -0.4 is 21.3 Å². The summed E-state index contributed by atoms with van der Waals surface area (Å²) in [4.78, 5) is 67.6. The van der Waals surface area contributed by atoms with Gasteiger partial charge >= 0.3 is 6.03 Å². The second kappa shape index (κ2) is 12.7. The highest BCUT2D eigenvalue weighted by atomic mass is 32.2. The number of fused-ring (bicyclic) bond motifs is 1. The molecule has 42 heavy (non-hydrogen) atoms. The molecule has 5 atom stereocenters. The topological polar surface area (TPSA) is 171 Å². The van der Waals surface area contributed by atoms with Crippen molar-refractivity contribution in [2.75, 3.05) is 25.1 Å². The molecule has 1 saturated carbocycles. The summed E-state index contributed by atoms with van der Waals surface area (Å²) in [5.41, 5.74) is -1.42. The van der Waals surface area contributed by atoms with Gasteiger partial charge in [0.05, 0.1) is 11.8 Å². The Bertz CT molecular complexity index is 1200. The Hall–Kier alpha value is -2.96. The highest BCUT2D eigenvalue weighted by molar-refractivity contribution is 7.90. The van der Waals surface area contributed by atoms with Crippen LogP contribution in [0.15, 0.2) is 12.7 Å². The summed E-state index contributed by atoms with van der Waals surface area (Å²) in [7, 11) is -3.35. The van der Waals surface area contributed by atoms with Gasteiger partial charge in [0.25, 0.3) is 5.91 Å². The number of likely N-dealkylation sites (tertiary alicyclic amines) is 1. The van der Waals surface area contributed by atoms with Crippen molar-refractivity contribution in [3.63, 3.8) is 0 Å². The largest absolute Gasteiger partial charge is 0.348 e. The molecule has 0 bridgehead atoms. The van der Waals surface area contributed by atoms with E-state index in [4.69, 9.17) is 0 Å². The van der Waals surface area contributed by atoms with Gasteiger partial charge in [-0.15, -0.1) is 6.58 Å². The van der Waals surface area contributed by atoms with E-state index in [-0.39, 0.29) is 36.0 Å². The Morgan fingerprint density at radius 2 is 1.64 bits per heavy atom. The molecule has 1 unspecified atom stereocenters. The molecule has 1 saturated heterocycles. The lowest BCUT2D eigenvalue weighted by Gasteiger charge is -2.38. The van der Waals surface area contributed by atoms with Gasteiger partial charge in [0.1, 0.15) is 21.9 Å². The summed E-state index contributed by atoms with van der Waals surface area (Å²) in [6.07, 6.45) is 3.01. The number of hydrogen-bond acceptors (Lipinski definition) is 7. The summed E-state index contributed by atoms with van der Waals surface area (Å²) >= 11 is 0. The third-order valence-electron chi connectivity index (χ3n) is 7.91. The molecule has 1 aliphatic carbocycles. The number of carbonyl (C=O) groups is 5. The van der Waals surface area contributed by atoms with Crippen molar-refractivity contribution in [1.82, 2.24) is 26.2 Å². The number of Topliss-reactive ketones (excluding diaryl/α,β-unsaturated/α-hetero) is 1. The molecule has 1 heterocycles. The molecule has 0 radical (unpaired) electrons. The summed E-state index contributed by atoms with van der Waals surface area (Å²) in [6, 6.07) is -3.53. The monoisotopic (exact) mass is 611 g/mol. The molecular weight excluding hydrogens is 562 g/mol. The maximum Gasteiger partial charge on any atom is 0.315 e. The van der Waals surface area contributed by atoms with Crippen molar-refractivity contribution < 1.29 is 32.4 Å². The van der Waals surface area contributed by atoms with E-state index in [0.29, 0.717) is 13.0 Å². The van der Waals surface area contributed by atoms with Crippen molar-refractivity contribution >= 4 is 39.4 Å². The number of amides is 5. The normalized spacial score (nSPS) is 22.7. The first kappa shape index (κ1) is 35.2. The average Bonchev–Trinajstić information content (AvgIpc) is 3.13. The quantitative estimate of drug-likeness (QED) is 0.189. The van der Waals surface area contributed by atoms with Gasteiger partial charge < -0.3 is 26.2 Å². The third-order valence-corrected chi connectivity index (χ3v) is 8.86. The van der Waals surface area contributed by atoms with Crippen LogP contribution in [0.3, 0.4) is 0 Å². The molecule has 5 amide bonds. The van der Waals surface area contributed by atoms with Crippen LogP contribution >= 0.6 is 0 Å². The summed E-state index contributed by atoms with van der Waals surface area (Å²) in [5.74, 6) is -3.30. The number of urea groups is 1. The van der Waals surface area contributed by atoms with Crippen LogP contribution in [0, 0.1) is 22.7 Å². The third kappa shape index (κ3) is 9.02. The summed E-state index contributed by atoms with van der Waals surface area (Å²) in [5, 5.41) is 10.6. The van der Waals surface area contributed by atoms with Crippen LogP contribution in [0.4, 0.5) is 4.79 Å². The number of piperidine rings is 1. The van der Waals surface area contributed by atoms with Gasteiger partial charge in [-0.2, -0.15) is 0 Å². The summed E-state index contributed by atoms with van der Waals surface area (Å²) in [6.45, 7) is 18.7. The van der Waals surface area contributed by atoms with Crippen molar-refractivity contribution in [1.29, 1.82) is 0 Å². The first-order chi connectivity index (χ1) is 19.0. The van der Waals surface area contributed by atoms with Crippen LogP contribution in [-0.2, 0) is 29.0 Å². The molecule has 13 heteroatoms. The van der Waals surface area contributed by atoms with Gasteiger partial charge in [-0.1, -0.05) is 40.7 Å². The minimum absolute atomic E-state index is 0.0582. The first-order valence-corrected chi connectivity index (χ1v) is 16.4. The van der Waals surface area contributed by atoms with E-state index in [0.717, 1.165) is 6.26 Å². The number of ketones is 1. The SMILES string of the molecule is C=CCCC(NC(=O)[C@@H]1[C@@H]2[C@H](CN1C(=O)[C@@H](NC(=O)NC(C)(C)C)C(C)(C)C)C2(C)C)C(=O)C(=O)NCCS(C)(=O)=O. The molecule has 4 N–H and O–H groups in total. The molecule has 0 aromatic heterocycles. The van der Waals surface area contributed by atoms with Gasteiger partial charge in [0, 0.05) is 24.9 Å². The fraction of sp³-hybridized carbons (Fsp3) is 0.759. The zero-order chi connectivity index (χ0) is 32.4. The fourth-order valence-electron chi connectivity index (χ4n) is 5.54. The minimum atomic E-state index is -3.35. The van der Waals surface area contributed by atoms with Gasteiger partial charge in [-0.25, -0.2) is 13.2 Å². The van der Waals surface area contributed by atoms with Crippen molar-refractivity contribution in [2.45, 2.75) is 91.9 Å². The maximum absolute atomic E-state index is 14.0. The standard InChI is InChI=1S/C29H49N5O7S/c1-11-12-13-18(21(35)24(37)30-14-15-42(10,40)41)31-23(36)20-19-17(29(19,8)9)16-34(20)25(38)22(27(2,3)4)32-26(39)33-28(5,6)7/h11,17-20,22H,1,12-16H2,2-10H3,(H,30,37)(H,31,36)(H2,32,33,39)/t17-,18?,19-,20-,22+/m0/s1. The molecule has 2 aliphatic rings. The number of allylic oxidation sites excluding steroid dienone is 1. The lowest BCUT2D eigenvalue weighted by molar-refractivity contribution is -0.145. The van der Waals surface area contributed by atoms with E-state index in [9.17, 15) is 32.4 Å². The van der Waals surface area contributed by atoms with Crippen LogP contribution in [0.2, 0.25) is 0 Å². The zero-order valence-electron chi connectivity index (χ0n) is 26.4. The number of nitrogens with zero attached hydrogens (tertiary/aromatic N) is 1. The Labute approximate surface area is 250 Å². The van der Waals surface area contributed by atoms with E-state index >= 15 is 0 Å². The lowest BCUT2D eigenvalue weighted by Crippen LogP contribution is -2.62. The van der Waals surface area contributed by atoms with E-state index in [2.05, 4.69) is 27.8 Å². The Morgan fingerprint density at radius 3 is 2.14 bits per heavy atom. The molecule has 0 aromatic rings. The maximum atomic E-state index is 14.0. The Morgan fingerprint density at radius 1 is 1.05 bits per heavy atom. The average molecular weight is 612 g/mol. The number of nitrogens with one attached hydrogen (secondary N) is 4. The molecular formula is C29H49N5O7S. The van der Waals surface area contributed by atoms with Crippen molar-refractivity contribution in [3.8, 4) is 0 Å². The van der Waals surface area contributed by atoms with Crippen LogP contribution in [0.25, 0.3) is 0 Å². The van der Waals surface area contributed by atoms with Crippen LogP contribution in [-0.4, -0.2) is 91.6 Å². The van der Waals surface area contributed by atoms with Crippen LogP contribution in [0.5, 0.6) is 0 Å². The van der Waals surface area contributed by atoms with Crippen molar-refractivity contribution in [2.24, 2.45) is 22.7 Å². The minimum Gasteiger partial charge on any atom is -0.348 e. The lowest BCUT2D eigenvalue weighted by atomic mass is 9.85. The Balaban J connectivity index is 2.29. The molecule has 1 aliphatic heterocycles. The molecule has 238 valence electrons. The number of sulfone groups is 1. The van der Waals surface area contributed by atoms with Gasteiger partial charge in [-0.05, 0) is 56.3 Å². The zero-order valence-corrected chi connectivity index (χ0v) is 27.2. The van der Waals surface area contributed by atoms with Crippen molar-refractivity contribution in [3.05, 3.63) is 12.7 Å². The number of hydrogen-bond donors (Lipinski definition) is 4. The van der Waals surface area contributed by atoms with E-state index in [1.165, 1.54) is 4.90 Å². The van der Waals surface area contributed by atoms with Gasteiger partial charge in [-0.3, -0.25) is 19.2 Å². The molecule has 2 fully saturated rings. The molecule has 12 nitrogen and oxygen atoms in total. The molecule has 0 spiro atoms. The highest BCUT2D eigenvalue weighted by Crippen LogP contribution is 2.65. The second-order valence-corrected chi connectivity index (χ2v) is 16.5. The predicted molar refractivity (Wildman–Crippen MR) is 160 cm³/mol. The number of carbonyl (C=O) groups excluding carboxylic acids is 5. The van der Waals surface area contributed by atoms with Crippen LogP contribution in [0.1, 0.15) is 68.2 Å². The predicted octanol–water partition coefficient (Wildman–Crippen LogP) is 1.16. The van der Waals surface area contributed by atoms with Gasteiger partial charge in [0.15, 0.2) is 0 Å². The van der Waals surface area contributed by atoms with Gasteiger partial charge in [0.2, 0.25) is 17.6 Å². The first-order valence-electron chi connectivity index (χ1n) is 14.3. The fourth-order valence-corrected chi connectivity index (χ4v) is 6.01. The number of rotatable bonds is 12. The molecule has 2 rings (SSSR count). The summed E-state index contributed by atoms with van der Waals surface area (Å²) < 4.78 is 22.8.